The van der Waals surface area contributed by atoms with E-state index in [9.17, 15) is 4.79 Å². The fraction of sp³-hybridized carbons (Fsp3) is 0.438. The molecule has 5 nitrogen and oxygen atoms in total. The number of carbonyl (C=O) groups is 1. The van der Waals surface area contributed by atoms with Crippen molar-refractivity contribution in [2.24, 2.45) is 0 Å². The molecule has 2 aromatic rings. The van der Waals surface area contributed by atoms with Crippen molar-refractivity contribution in [2.75, 3.05) is 19.6 Å². The molecule has 110 valence electrons. The minimum Gasteiger partial charge on any atom is -0.301 e. The number of hydrogen-bond acceptors (Lipinski definition) is 4. The van der Waals surface area contributed by atoms with Gasteiger partial charge in [0.1, 0.15) is 12.7 Å². The lowest BCUT2D eigenvalue weighted by Crippen LogP contribution is -2.38. The standard InChI is InChI=1S/C16H20N4O/c21-16(14-5-2-1-3-6-14)8-10-19-9-4-7-15(11-19)20-13-17-12-18-20/h1-3,5-6,12-13,15H,4,7-11H2/t15-/m1/s1. The van der Waals surface area contributed by atoms with Crippen LogP contribution >= 0.6 is 0 Å². The molecular formula is C16H20N4O. The van der Waals surface area contributed by atoms with Crippen molar-refractivity contribution in [3.8, 4) is 0 Å². The van der Waals surface area contributed by atoms with Gasteiger partial charge in [0.15, 0.2) is 5.78 Å². The first-order valence-electron chi connectivity index (χ1n) is 7.47. The van der Waals surface area contributed by atoms with Gasteiger partial charge in [0.05, 0.1) is 6.04 Å². The fourth-order valence-electron chi connectivity index (χ4n) is 2.88. The van der Waals surface area contributed by atoms with Crippen LogP contribution in [-0.4, -0.2) is 45.1 Å². The maximum atomic E-state index is 12.1. The average molecular weight is 284 g/mol. The minimum atomic E-state index is 0.221. The van der Waals surface area contributed by atoms with Gasteiger partial charge >= 0.3 is 0 Å². The van der Waals surface area contributed by atoms with Crippen LogP contribution in [0.2, 0.25) is 0 Å². The van der Waals surface area contributed by atoms with Crippen LogP contribution in [0, 0.1) is 0 Å². The summed E-state index contributed by atoms with van der Waals surface area (Å²) in [6, 6.07) is 9.91. The average Bonchev–Trinajstić information content (AvgIpc) is 3.08. The van der Waals surface area contributed by atoms with Crippen LogP contribution in [0.3, 0.4) is 0 Å². The summed E-state index contributed by atoms with van der Waals surface area (Å²) in [7, 11) is 0. The molecule has 1 aliphatic heterocycles. The second-order valence-electron chi connectivity index (χ2n) is 5.51. The van der Waals surface area contributed by atoms with Crippen molar-refractivity contribution < 1.29 is 4.79 Å². The van der Waals surface area contributed by atoms with Gasteiger partial charge in [0.2, 0.25) is 0 Å². The second-order valence-corrected chi connectivity index (χ2v) is 5.51. The van der Waals surface area contributed by atoms with E-state index in [1.54, 1.807) is 12.7 Å². The number of ketones is 1. The van der Waals surface area contributed by atoms with Crippen molar-refractivity contribution in [2.45, 2.75) is 25.3 Å². The van der Waals surface area contributed by atoms with E-state index in [-0.39, 0.29) is 5.78 Å². The third-order valence-electron chi connectivity index (χ3n) is 4.04. The summed E-state index contributed by atoms with van der Waals surface area (Å²) in [6.45, 7) is 2.83. The van der Waals surface area contributed by atoms with Crippen molar-refractivity contribution >= 4 is 5.78 Å². The SMILES string of the molecule is O=C(CCN1CCC[C@@H](n2cncn2)C1)c1ccccc1. The summed E-state index contributed by atoms with van der Waals surface area (Å²) in [5.41, 5.74) is 0.808. The number of likely N-dealkylation sites (tertiary alicyclic amines) is 1. The first-order chi connectivity index (χ1) is 10.3. The summed E-state index contributed by atoms with van der Waals surface area (Å²) in [5, 5.41) is 4.23. The van der Waals surface area contributed by atoms with E-state index in [1.165, 1.54) is 0 Å². The Hall–Kier alpha value is -2.01. The Bertz CT molecular complexity index is 567. The lowest BCUT2D eigenvalue weighted by molar-refractivity contribution is 0.0945. The minimum absolute atomic E-state index is 0.221. The molecule has 0 amide bonds. The summed E-state index contributed by atoms with van der Waals surface area (Å²) in [5.74, 6) is 0.221. The Morgan fingerprint density at radius 1 is 1.29 bits per heavy atom. The van der Waals surface area contributed by atoms with Crippen LogP contribution in [0.25, 0.3) is 0 Å². The summed E-state index contributed by atoms with van der Waals surface area (Å²) < 4.78 is 1.94. The normalized spacial score (nSPS) is 19.5. The maximum absolute atomic E-state index is 12.1. The maximum Gasteiger partial charge on any atom is 0.164 e. The molecule has 1 aromatic carbocycles. The molecule has 1 fully saturated rings. The Kier molecular flexibility index (Phi) is 4.40. The molecule has 0 spiro atoms. The second kappa shape index (κ2) is 6.63. The van der Waals surface area contributed by atoms with Crippen molar-refractivity contribution in [3.63, 3.8) is 0 Å². The molecule has 1 aliphatic rings. The van der Waals surface area contributed by atoms with Crippen molar-refractivity contribution in [1.29, 1.82) is 0 Å². The lowest BCUT2D eigenvalue weighted by Gasteiger charge is -2.32. The number of aromatic nitrogens is 3. The zero-order chi connectivity index (χ0) is 14.5. The predicted molar refractivity (Wildman–Crippen MR) is 80.1 cm³/mol. The number of piperidine rings is 1. The van der Waals surface area contributed by atoms with Gasteiger partial charge < -0.3 is 4.90 Å². The number of rotatable bonds is 5. The molecule has 1 atom stereocenters. The van der Waals surface area contributed by atoms with Gasteiger partial charge in [-0.1, -0.05) is 30.3 Å². The Balaban J connectivity index is 1.52. The highest BCUT2D eigenvalue weighted by Crippen LogP contribution is 2.20. The number of carbonyl (C=O) groups excluding carboxylic acids is 1. The van der Waals surface area contributed by atoms with Gasteiger partial charge in [-0.2, -0.15) is 5.10 Å². The van der Waals surface area contributed by atoms with Gasteiger partial charge in [-0.15, -0.1) is 0 Å². The zero-order valence-electron chi connectivity index (χ0n) is 12.1. The van der Waals surface area contributed by atoms with Crippen LogP contribution in [0.15, 0.2) is 43.0 Å². The zero-order valence-corrected chi connectivity index (χ0v) is 12.1. The van der Waals surface area contributed by atoms with Gasteiger partial charge in [0.25, 0.3) is 0 Å². The molecule has 3 rings (SSSR count). The van der Waals surface area contributed by atoms with Crippen molar-refractivity contribution in [1.82, 2.24) is 19.7 Å². The quantitative estimate of drug-likeness (QED) is 0.790. The molecule has 0 N–H and O–H groups in total. The summed E-state index contributed by atoms with van der Waals surface area (Å²) >= 11 is 0. The van der Waals surface area contributed by atoms with E-state index in [2.05, 4.69) is 15.0 Å². The van der Waals surface area contributed by atoms with Crippen LogP contribution in [0.4, 0.5) is 0 Å². The van der Waals surface area contributed by atoms with E-state index in [0.29, 0.717) is 12.5 Å². The van der Waals surface area contributed by atoms with Crippen LogP contribution in [0.5, 0.6) is 0 Å². The van der Waals surface area contributed by atoms with E-state index in [4.69, 9.17) is 0 Å². The van der Waals surface area contributed by atoms with Crippen molar-refractivity contribution in [3.05, 3.63) is 48.5 Å². The first kappa shape index (κ1) is 13.9. The van der Waals surface area contributed by atoms with Gasteiger partial charge in [0, 0.05) is 25.1 Å². The van der Waals surface area contributed by atoms with Gasteiger partial charge in [-0.3, -0.25) is 4.79 Å². The summed E-state index contributed by atoms with van der Waals surface area (Å²) in [6.07, 6.45) is 6.21. The van der Waals surface area contributed by atoms with Gasteiger partial charge in [-0.05, 0) is 19.4 Å². The monoisotopic (exact) mass is 284 g/mol. The third-order valence-corrected chi connectivity index (χ3v) is 4.04. The van der Waals surface area contributed by atoms with E-state index >= 15 is 0 Å². The van der Waals surface area contributed by atoms with Crippen LogP contribution in [-0.2, 0) is 0 Å². The molecule has 0 unspecified atom stereocenters. The van der Waals surface area contributed by atoms with Crippen LogP contribution < -0.4 is 0 Å². The Morgan fingerprint density at radius 2 is 2.14 bits per heavy atom. The molecule has 0 saturated carbocycles. The molecule has 0 radical (unpaired) electrons. The largest absolute Gasteiger partial charge is 0.301 e. The highest BCUT2D eigenvalue weighted by Gasteiger charge is 2.22. The highest BCUT2D eigenvalue weighted by atomic mass is 16.1. The first-order valence-corrected chi connectivity index (χ1v) is 7.47. The molecule has 1 saturated heterocycles. The van der Waals surface area contributed by atoms with Crippen LogP contribution in [0.1, 0.15) is 35.7 Å². The predicted octanol–water partition coefficient (Wildman–Crippen LogP) is 2.19. The number of hydrogen-bond donors (Lipinski definition) is 0. The Morgan fingerprint density at radius 3 is 2.90 bits per heavy atom. The molecule has 0 aliphatic carbocycles. The lowest BCUT2D eigenvalue weighted by atomic mass is 10.0. The molecule has 21 heavy (non-hydrogen) atoms. The smallest absolute Gasteiger partial charge is 0.164 e. The number of benzene rings is 1. The van der Waals surface area contributed by atoms with E-state index in [0.717, 1.165) is 38.0 Å². The summed E-state index contributed by atoms with van der Waals surface area (Å²) in [4.78, 5) is 18.5. The molecule has 2 heterocycles. The molecule has 5 heteroatoms. The van der Waals surface area contributed by atoms with E-state index in [1.807, 2.05) is 35.0 Å². The number of nitrogens with zero attached hydrogens (tertiary/aromatic N) is 4. The topological polar surface area (TPSA) is 51.0 Å². The number of Topliss-reactive ketones (excluding diaryl/α,β-unsaturated/α-hetero) is 1. The third kappa shape index (κ3) is 3.55. The highest BCUT2D eigenvalue weighted by molar-refractivity contribution is 5.96. The molecule has 0 bridgehead atoms. The van der Waals surface area contributed by atoms with Gasteiger partial charge in [-0.25, -0.2) is 9.67 Å². The van der Waals surface area contributed by atoms with E-state index < -0.39 is 0 Å². The molecule has 1 aromatic heterocycles. The molecular weight excluding hydrogens is 264 g/mol. The Labute approximate surface area is 124 Å². The fourth-order valence-corrected chi connectivity index (χ4v) is 2.88.